The molecule has 2 aromatic rings. The summed E-state index contributed by atoms with van der Waals surface area (Å²) in [5, 5.41) is 0. The molecule has 0 aliphatic carbocycles. The van der Waals surface area contributed by atoms with Crippen LogP contribution in [0.5, 0.6) is 0 Å². The maximum Gasteiger partial charge on any atom is 0.225 e. The first-order valence-corrected chi connectivity index (χ1v) is 7.72. The molecule has 1 aliphatic rings. The number of nitrogens with zero attached hydrogens (tertiary/aromatic N) is 6. The number of aryl methyl sites for hydroxylation is 1. The van der Waals surface area contributed by atoms with Crippen molar-refractivity contribution in [2.24, 2.45) is 0 Å². The molecular formula is C16H22N6. The molecule has 116 valence electrons. The van der Waals surface area contributed by atoms with E-state index < -0.39 is 0 Å². The summed E-state index contributed by atoms with van der Waals surface area (Å²) in [6.07, 6.45) is 9.49. The highest BCUT2D eigenvalue weighted by atomic mass is 15.3. The van der Waals surface area contributed by atoms with Crippen LogP contribution in [0.3, 0.4) is 0 Å². The summed E-state index contributed by atoms with van der Waals surface area (Å²) in [6.45, 7) is 4.97. The van der Waals surface area contributed by atoms with E-state index >= 15 is 0 Å². The van der Waals surface area contributed by atoms with Gasteiger partial charge in [0.1, 0.15) is 0 Å². The minimum Gasteiger partial charge on any atom is -0.340 e. The zero-order chi connectivity index (χ0) is 15.4. The van der Waals surface area contributed by atoms with E-state index in [-0.39, 0.29) is 0 Å². The van der Waals surface area contributed by atoms with Crippen molar-refractivity contribution in [3.63, 3.8) is 0 Å². The molecule has 0 bridgehead atoms. The molecule has 1 fully saturated rings. The van der Waals surface area contributed by atoms with E-state index in [2.05, 4.69) is 36.8 Å². The predicted octanol–water partition coefficient (Wildman–Crippen LogP) is 1.68. The third kappa shape index (κ3) is 3.57. The monoisotopic (exact) mass is 298 g/mol. The molecule has 0 spiro atoms. The lowest BCUT2D eigenvalue weighted by molar-refractivity contribution is 0.196. The average molecular weight is 298 g/mol. The Bertz CT molecular complexity index is 603. The van der Waals surface area contributed by atoms with E-state index in [1.54, 1.807) is 12.4 Å². The number of likely N-dealkylation sites (tertiary alicyclic amines) is 1. The van der Waals surface area contributed by atoms with Crippen LogP contribution in [0.25, 0.3) is 0 Å². The van der Waals surface area contributed by atoms with Gasteiger partial charge in [-0.25, -0.2) is 9.97 Å². The van der Waals surface area contributed by atoms with Crippen molar-refractivity contribution in [2.75, 3.05) is 25.0 Å². The normalized spacial score (nSPS) is 19.1. The van der Waals surface area contributed by atoms with E-state index in [4.69, 9.17) is 0 Å². The molecule has 0 aromatic carbocycles. The van der Waals surface area contributed by atoms with Gasteiger partial charge in [0.2, 0.25) is 5.95 Å². The molecule has 0 radical (unpaired) electrons. The van der Waals surface area contributed by atoms with E-state index in [1.165, 1.54) is 12.8 Å². The Morgan fingerprint density at radius 2 is 2.18 bits per heavy atom. The van der Waals surface area contributed by atoms with Crippen LogP contribution in [0.4, 0.5) is 5.95 Å². The second kappa shape index (κ2) is 6.79. The fourth-order valence-corrected chi connectivity index (χ4v) is 2.90. The number of likely N-dealkylation sites (N-methyl/N-ethyl adjacent to an activating group) is 1. The van der Waals surface area contributed by atoms with Crippen LogP contribution in [0.2, 0.25) is 0 Å². The Kier molecular flexibility index (Phi) is 4.58. The number of rotatable bonds is 4. The Balaban J connectivity index is 1.65. The van der Waals surface area contributed by atoms with Crippen molar-refractivity contribution < 1.29 is 0 Å². The van der Waals surface area contributed by atoms with Crippen LogP contribution in [0.1, 0.15) is 24.2 Å². The van der Waals surface area contributed by atoms with Gasteiger partial charge in [-0.1, -0.05) is 0 Å². The summed E-state index contributed by atoms with van der Waals surface area (Å²) >= 11 is 0. The summed E-state index contributed by atoms with van der Waals surface area (Å²) in [6, 6.07) is 2.37. The van der Waals surface area contributed by atoms with Crippen molar-refractivity contribution in [1.82, 2.24) is 24.8 Å². The number of hydrogen-bond acceptors (Lipinski definition) is 6. The Labute approximate surface area is 131 Å². The topological polar surface area (TPSA) is 58.0 Å². The molecule has 2 aromatic heterocycles. The third-order valence-electron chi connectivity index (χ3n) is 4.13. The van der Waals surface area contributed by atoms with Gasteiger partial charge >= 0.3 is 0 Å². The second-order valence-corrected chi connectivity index (χ2v) is 5.84. The standard InChI is InChI=1S/C16H22N6/c1-13-5-6-19-16(20-13)21(2)15-4-3-9-22(12-15)11-14-10-17-7-8-18-14/h5-8,10,15H,3-4,9,11-12H2,1-2H3. The van der Waals surface area contributed by atoms with Crippen molar-refractivity contribution in [3.8, 4) is 0 Å². The first-order chi connectivity index (χ1) is 10.7. The molecule has 1 unspecified atom stereocenters. The maximum absolute atomic E-state index is 4.53. The van der Waals surface area contributed by atoms with E-state index in [9.17, 15) is 0 Å². The Morgan fingerprint density at radius 1 is 1.27 bits per heavy atom. The van der Waals surface area contributed by atoms with Gasteiger partial charge in [0.05, 0.1) is 5.69 Å². The number of piperidine rings is 1. The van der Waals surface area contributed by atoms with E-state index in [0.717, 1.165) is 37.0 Å². The lowest BCUT2D eigenvalue weighted by Crippen LogP contribution is -2.46. The SMILES string of the molecule is Cc1ccnc(N(C)C2CCCN(Cc3cnccn3)C2)n1. The molecule has 6 nitrogen and oxygen atoms in total. The minimum absolute atomic E-state index is 0.437. The summed E-state index contributed by atoms with van der Waals surface area (Å²) in [7, 11) is 2.09. The van der Waals surface area contributed by atoms with Gasteiger partial charge in [-0.05, 0) is 32.4 Å². The maximum atomic E-state index is 4.53. The number of aromatic nitrogens is 4. The quantitative estimate of drug-likeness (QED) is 0.856. The Morgan fingerprint density at radius 3 is 2.95 bits per heavy atom. The Hall–Kier alpha value is -2.08. The number of anilines is 1. The van der Waals surface area contributed by atoms with E-state index in [1.807, 2.05) is 25.4 Å². The molecule has 22 heavy (non-hydrogen) atoms. The lowest BCUT2D eigenvalue weighted by atomic mass is 10.0. The molecule has 0 saturated carbocycles. The zero-order valence-corrected chi connectivity index (χ0v) is 13.2. The van der Waals surface area contributed by atoms with Gasteiger partial charge in [0.25, 0.3) is 0 Å². The lowest BCUT2D eigenvalue weighted by Gasteiger charge is -2.37. The predicted molar refractivity (Wildman–Crippen MR) is 85.5 cm³/mol. The van der Waals surface area contributed by atoms with Gasteiger partial charge in [-0.15, -0.1) is 0 Å². The smallest absolute Gasteiger partial charge is 0.225 e. The first-order valence-electron chi connectivity index (χ1n) is 7.72. The van der Waals surface area contributed by atoms with Crippen molar-refractivity contribution in [2.45, 2.75) is 32.4 Å². The van der Waals surface area contributed by atoms with Crippen LogP contribution in [-0.4, -0.2) is 51.0 Å². The van der Waals surface area contributed by atoms with E-state index in [0.29, 0.717) is 6.04 Å². The van der Waals surface area contributed by atoms with Gasteiger partial charge < -0.3 is 4.90 Å². The van der Waals surface area contributed by atoms with Crippen LogP contribution < -0.4 is 4.90 Å². The summed E-state index contributed by atoms with van der Waals surface area (Å²) < 4.78 is 0. The van der Waals surface area contributed by atoms with Crippen molar-refractivity contribution in [1.29, 1.82) is 0 Å². The summed E-state index contributed by atoms with van der Waals surface area (Å²) in [5.74, 6) is 0.811. The third-order valence-corrected chi connectivity index (χ3v) is 4.13. The first kappa shape index (κ1) is 14.8. The van der Waals surface area contributed by atoms with Gasteiger partial charge in [0, 0.05) is 56.7 Å². The van der Waals surface area contributed by atoms with Crippen LogP contribution in [0, 0.1) is 6.92 Å². The zero-order valence-electron chi connectivity index (χ0n) is 13.2. The highest BCUT2D eigenvalue weighted by Gasteiger charge is 2.25. The molecule has 3 rings (SSSR count). The average Bonchev–Trinajstić information content (AvgIpc) is 2.55. The molecule has 6 heteroatoms. The fourth-order valence-electron chi connectivity index (χ4n) is 2.90. The molecule has 1 aliphatic heterocycles. The molecular weight excluding hydrogens is 276 g/mol. The molecule has 1 saturated heterocycles. The van der Waals surface area contributed by atoms with Crippen LogP contribution in [0.15, 0.2) is 30.9 Å². The van der Waals surface area contributed by atoms with Crippen LogP contribution in [-0.2, 0) is 6.54 Å². The van der Waals surface area contributed by atoms with Crippen LogP contribution >= 0.6 is 0 Å². The molecule has 0 amide bonds. The highest BCUT2D eigenvalue weighted by molar-refractivity contribution is 5.30. The van der Waals surface area contributed by atoms with Gasteiger partial charge in [0.15, 0.2) is 0 Å². The number of hydrogen-bond donors (Lipinski definition) is 0. The highest BCUT2D eigenvalue weighted by Crippen LogP contribution is 2.19. The molecule has 1 atom stereocenters. The minimum atomic E-state index is 0.437. The largest absolute Gasteiger partial charge is 0.340 e. The van der Waals surface area contributed by atoms with Crippen molar-refractivity contribution in [3.05, 3.63) is 42.2 Å². The van der Waals surface area contributed by atoms with Gasteiger partial charge in [-0.3, -0.25) is 14.9 Å². The summed E-state index contributed by atoms with van der Waals surface area (Å²) in [5.41, 5.74) is 2.03. The molecule has 0 N–H and O–H groups in total. The molecule has 3 heterocycles. The van der Waals surface area contributed by atoms with Crippen molar-refractivity contribution >= 4 is 5.95 Å². The second-order valence-electron chi connectivity index (χ2n) is 5.84. The summed E-state index contributed by atoms with van der Waals surface area (Å²) in [4.78, 5) is 22.1. The fraction of sp³-hybridized carbons (Fsp3) is 0.500. The van der Waals surface area contributed by atoms with Gasteiger partial charge in [-0.2, -0.15) is 0 Å².